The first-order chi connectivity index (χ1) is 11.7. The van der Waals surface area contributed by atoms with Gasteiger partial charge in [-0.25, -0.2) is 0 Å². The maximum Gasteiger partial charge on any atom is 0.203 e. The molecule has 0 aliphatic rings. The summed E-state index contributed by atoms with van der Waals surface area (Å²) < 4.78 is 16.1. The molecule has 5 heteroatoms. The highest BCUT2D eigenvalue weighted by Gasteiger charge is 2.15. The van der Waals surface area contributed by atoms with Gasteiger partial charge in [0.15, 0.2) is 11.5 Å². The Balaban J connectivity index is 2.04. The van der Waals surface area contributed by atoms with Crippen LogP contribution in [0, 0.1) is 0 Å². The number of hydrogen-bond acceptors (Lipinski definition) is 5. The molecule has 24 heavy (non-hydrogen) atoms. The summed E-state index contributed by atoms with van der Waals surface area (Å²) in [5.74, 6) is 1.69. The molecule has 0 bridgehead atoms. The third-order valence-electron chi connectivity index (χ3n) is 3.56. The van der Waals surface area contributed by atoms with Crippen LogP contribution in [0.4, 0.5) is 0 Å². The largest absolute Gasteiger partial charge is 0.493 e. The lowest BCUT2D eigenvalue weighted by Crippen LogP contribution is -2.03. The van der Waals surface area contributed by atoms with Crippen LogP contribution in [0.15, 0.2) is 47.5 Å². The third kappa shape index (κ3) is 4.13. The molecule has 2 aromatic rings. The summed E-state index contributed by atoms with van der Waals surface area (Å²) in [6, 6.07) is 12.8. The number of benzene rings is 2. The molecule has 0 spiro atoms. The summed E-state index contributed by atoms with van der Waals surface area (Å²) in [5, 5.41) is 0. The average Bonchev–Trinajstić information content (AvgIpc) is 2.64. The number of ether oxygens (including phenoxy) is 3. The molecular formula is C19H21NO4. The van der Waals surface area contributed by atoms with E-state index >= 15 is 0 Å². The van der Waals surface area contributed by atoms with Crippen molar-refractivity contribution in [1.29, 1.82) is 0 Å². The van der Waals surface area contributed by atoms with Crippen molar-refractivity contribution in [3.05, 3.63) is 53.6 Å². The molecule has 0 unspecified atom stereocenters. The fourth-order valence-electron chi connectivity index (χ4n) is 2.37. The predicted molar refractivity (Wildman–Crippen MR) is 93.9 cm³/mol. The second kappa shape index (κ2) is 8.72. The number of carbonyl (C=O) groups excluding carboxylic acids is 1. The molecule has 0 aromatic heterocycles. The fourth-order valence-corrected chi connectivity index (χ4v) is 2.37. The van der Waals surface area contributed by atoms with Crippen LogP contribution in [-0.4, -0.2) is 39.9 Å². The smallest absolute Gasteiger partial charge is 0.203 e. The minimum absolute atomic E-state index is 0.102. The molecule has 5 nitrogen and oxygen atoms in total. The molecule has 0 saturated carbocycles. The maximum absolute atomic E-state index is 12.0. The molecule has 0 aliphatic carbocycles. The van der Waals surface area contributed by atoms with E-state index in [1.807, 2.05) is 30.3 Å². The summed E-state index contributed by atoms with van der Waals surface area (Å²) >= 11 is 0. The number of Topliss-reactive ketones (excluding diaryl/α,β-unsaturated/α-hetero) is 1. The average molecular weight is 327 g/mol. The van der Waals surface area contributed by atoms with Gasteiger partial charge in [-0.15, -0.1) is 0 Å². The van der Waals surface area contributed by atoms with Crippen LogP contribution in [0.1, 0.15) is 15.9 Å². The Bertz CT molecular complexity index is 711. The minimum atomic E-state index is -0.102. The van der Waals surface area contributed by atoms with Crippen molar-refractivity contribution in [2.45, 2.75) is 6.42 Å². The van der Waals surface area contributed by atoms with E-state index in [9.17, 15) is 4.79 Å². The van der Waals surface area contributed by atoms with Gasteiger partial charge < -0.3 is 14.2 Å². The van der Waals surface area contributed by atoms with E-state index < -0.39 is 0 Å². The van der Waals surface area contributed by atoms with Gasteiger partial charge >= 0.3 is 0 Å². The first kappa shape index (κ1) is 17.5. The van der Waals surface area contributed by atoms with E-state index in [1.165, 1.54) is 6.21 Å². The highest BCUT2D eigenvalue weighted by Crippen LogP contribution is 2.39. The van der Waals surface area contributed by atoms with Crippen LogP contribution in [0.25, 0.3) is 0 Å². The van der Waals surface area contributed by atoms with Crippen molar-refractivity contribution in [2.24, 2.45) is 4.99 Å². The van der Waals surface area contributed by atoms with Gasteiger partial charge in [0.2, 0.25) is 11.5 Å². The van der Waals surface area contributed by atoms with Crippen molar-refractivity contribution < 1.29 is 19.0 Å². The van der Waals surface area contributed by atoms with Gasteiger partial charge in [-0.05, 0) is 12.5 Å². The number of nitrogens with zero attached hydrogens (tertiary/aromatic N) is 1. The Kier molecular flexibility index (Phi) is 6.37. The van der Waals surface area contributed by atoms with Gasteiger partial charge in [-0.2, -0.15) is 0 Å². The Labute approximate surface area is 141 Å². The van der Waals surface area contributed by atoms with E-state index in [1.54, 1.807) is 33.5 Å². The molecule has 2 aromatic carbocycles. The van der Waals surface area contributed by atoms with E-state index in [-0.39, 0.29) is 5.78 Å². The van der Waals surface area contributed by atoms with E-state index in [2.05, 4.69) is 4.99 Å². The fraction of sp³-hybridized carbons (Fsp3) is 0.263. The van der Waals surface area contributed by atoms with Crippen LogP contribution in [0.2, 0.25) is 0 Å². The Morgan fingerprint density at radius 1 is 0.958 bits per heavy atom. The van der Waals surface area contributed by atoms with Gasteiger partial charge in [-0.3, -0.25) is 9.79 Å². The molecule has 0 radical (unpaired) electrons. The number of methoxy groups -OCH3 is 3. The van der Waals surface area contributed by atoms with Crippen molar-refractivity contribution in [2.75, 3.05) is 27.9 Å². The van der Waals surface area contributed by atoms with Crippen LogP contribution in [0.3, 0.4) is 0 Å². The summed E-state index contributed by atoms with van der Waals surface area (Å²) in [6.45, 7) is 0.477. The zero-order valence-corrected chi connectivity index (χ0v) is 14.1. The molecule has 0 aliphatic heterocycles. The lowest BCUT2D eigenvalue weighted by Gasteiger charge is -2.15. The monoisotopic (exact) mass is 327 g/mol. The number of carbonyl (C=O) groups is 1. The molecule has 0 heterocycles. The highest BCUT2D eigenvalue weighted by molar-refractivity contribution is 6.35. The second-order valence-corrected chi connectivity index (χ2v) is 5.01. The van der Waals surface area contributed by atoms with Crippen molar-refractivity contribution >= 4 is 12.0 Å². The van der Waals surface area contributed by atoms with Crippen LogP contribution in [-0.2, 0) is 6.42 Å². The zero-order chi connectivity index (χ0) is 17.4. The Hall–Kier alpha value is -2.82. The van der Waals surface area contributed by atoms with Crippen LogP contribution >= 0.6 is 0 Å². The third-order valence-corrected chi connectivity index (χ3v) is 3.56. The minimum Gasteiger partial charge on any atom is -0.493 e. The zero-order valence-electron chi connectivity index (χ0n) is 14.1. The topological polar surface area (TPSA) is 57.1 Å². The molecule has 126 valence electrons. The summed E-state index contributed by atoms with van der Waals surface area (Å²) in [4.78, 5) is 16.2. The molecule has 2 rings (SSSR count). The van der Waals surface area contributed by atoms with Crippen molar-refractivity contribution in [1.82, 2.24) is 0 Å². The highest BCUT2D eigenvalue weighted by atomic mass is 16.5. The van der Waals surface area contributed by atoms with Crippen molar-refractivity contribution in [3.63, 3.8) is 0 Å². The standard InChI is InChI=1S/C19H21NO4/c1-22-17-10-9-15(18(23-2)19(17)24-3)11-12-20-13-16(21)14-7-5-4-6-8-14/h4-10,13H,11-12H2,1-3H3. The molecule has 0 N–H and O–H groups in total. The SMILES string of the molecule is COc1ccc(CCN=CC(=O)c2ccccc2)c(OC)c1OC. The van der Waals surface area contributed by atoms with Gasteiger partial charge in [0.1, 0.15) is 0 Å². The van der Waals surface area contributed by atoms with E-state index in [4.69, 9.17) is 14.2 Å². The lowest BCUT2D eigenvalue weighted by atomic mass is 10.1. The van der Waals surface area contributed by atoms with Crippen LogP contribution < -0.4 is 14.2 Å². The molecule has 0 amide bonds. The normalized spacial score (nSPS) is 10.6. The number of rotatable bonds is 8. The molecule has 0 fully saturated rings. The predicted octanol–water partition coefficient (Wildman–Crippen LogP) is 3.21. The van der Waals surface area contributed by atoms with Crippen LogP contribution in [0.5, 0.6) is 17.2 Å². The van der Waals surface area contributed by atoms with Crippen molar-refractivity contribution in [3.8, 4) is 17.2 Å². The number of aliphatic imine (C=N–C) groups is 1. The van der Waals surface area contributed by atoms with E-state index in [0.29, 0.717) is 35.8 Å². The van der Waals surface area contributed by atoms with Gasteiger partial charge in [0.05, 0.1) is 27.5 Å². The summed E-state index contributed by atoms with van der Waals surface area (Å²) in [7, 11) is 4.74. The van der Waals surface area contributed by atoms with Gasteiger partial charge in [-0.1, -0.05) is 36.4 Å². The molecule has 0 atom stereocenters. The molecule has 0 saturated heterocycles. The summed E-state index contributed by atoms with van der Waals surface area (Å²) in [5.41, 5.74) is 1.57. The number of hydrogen-bond donors (Lipinski definition) is 0. The first-order valence-corrected chi connectivity index (χ1v) is 7.58. The number of ketones is 1. The van der Waals surface area contributed by atoms with Gasteiger partial charge in [0, 0.05) is 17.7 Å². The second-order valence-electron chi connectivity index (χ2n) is 5.01. The van der Waals surface area contributed by atoms with E-state index in [0.717, 1.165) is 5.56 Å². The Morgan fingerprint density at radius 3 is 2.29 bits per heavy atom. The summed E-state index contributed by atoms with van der Waals surface area (Å²) in [6.07, 6.45) is 1.99. The van der Waals surface area contributed by atoms with Gasteiger partial charge in [0.25, 0.3) is 0 Å². The quantitative estimate of drug-likeness (QED) is 0.552. The lowest BCUT2D eigenvalue weighted by molar-refractivity contribution is 0.107. The first-order valence-electron chi connectivity index (χ1n) is 7.58. The Morgan fingerprint density at radius 2 is 1.67 bits per heavy atom. The maximum atomic E-state index is 12.0. The molecular weight excluding hydrogens is 306 g/mol.